The standard InChI is InChI=1S/C24H21F3N2O3S/c1-3-22-28-23-20(24(25,26)27)8-5-9-21(23)29(22)17-10-12-18(13-11-17)32-15-16-6-4-7-19(14-16)33(2,30)31/h4-14H,3,15H2,1-2H3. The van der Waals surface area contributed by atoms with Crippen LogP contribution < -0.4 is 4.74 Å². The minimum atomic E-state index is -4.49. The second-order valence-corrected chi connectivity index (χ2v) is 9.61. The molecule has 3 aromatic carbocycles. The summed E-state index contributed by atoms with van der Waals surface area (Å²) in [6, 6.07) is 17.5. The molecule has 172 valence electrons. The highest BCUT2D eigenvalue weighted by atomic mass is 32.2. The van der Waals surface area contributed by atoms with Crippen LogP contribution in [0.25, 0.3) is 16.7 Å². The molecule has 33 heavy (non-hydrogen) atoms. The van der Waals surface area contributed by atoms with Gasteiger partial charge in [0.25, 0.3) is 0 Å². The first kappa shape index (κ1) is 22.8. The number of sulfone groups is 1. The molecule has 1 heterocycles. The van der Waals surface area contributed by atoms with Crippen LogP contribution in [0, 0.1) is 0 Å². The van der Waals surface area contributed by atoms with E-state index in [1.54, 1.807) is 53.1 Å². The number of para-hydroxylation sites is 1. The topological polar surface area (TPSA) is 61.2 Å². The van der Waals surface area contributed by atoms with Crippen LogP contribution in [0.15, 0.2) is 71.6 Å². The van der Waals surface area contributed by atoms with Crippen molar-refractivity contribution in [2.75, 3.05) is 6.26 Å². The molecule has 0 aliphatic rings. The number of halogens is 3. The van der Waals surface area contributed by atoms with E-state index in [4.69, 9.17) is 4.74 Å². The lowest BCUT2D eigenvalue weighted by atomic mass is 10.1. The third-order valence-electron chi connectivity index (χ3n) is 5.20. The Morgan fingerprint density at radius 3 is 2.33 bits per heavy atom. The van der Waals surface area contributed by atoms with Crippen LogP contribution in [0.1, 0.15) is 23.9 Å². The molecule has 4 aromatic rings. The van der Waals surface area contributed by atoms with E-state index in [0.717, 1.165) is 12.3 Å². The number of imidazole rings is 1. The molecule has 9 heteroatoms. The monoisotopic (exact) mass is 474 g/mol. The van der Waals surface area contributed by atoms with Gasteiger partial charge in [-0.15, -0.1) is 0 Å². The Kier molecular flexibility index (Phi) is 5.92. The van der Waals surface area contributed by atoms with Crippen LogP contribution in [0.3, 0.4) is 0 Å². The first-order chi connectivity index (χ1) is 15.6. The molecule has 0 saturated carbocycles. The van der Waals surface area contributed by atoms with Crippen molar-refractivity contribution >= 4 is 20.9 Å². The smallest absolute Gasteiger partial charge is 0.418 e. The number of ether oxygens (including phenoxy) is 1. The van der Waals surface area contributed by atoms with Crippen molar-refractivity contribution in [3.05, 3.63) is 83.7 Å². The van der Waals surface area contributed by atoms with E-state index in [1.807, 2.05) is 6.92 Å². The number of fused-ring (bicyclic) bond motifs is 1. The predicted octanol–water partition coefficient (Wildman–Crippen LogP) is 5.59. The van der Waals surface area contributed by atoms with E-state index in [1.165, 1.54) is 12.1 Å². The van der Waals surface area contributed by atoms with E-state index < -0.39 is 21.6 Å². The summed E-state index contributed by atoms with van der Waals surface area (Å²) < 4.78 is 71.2. The molecule has 0 radical (unpaired) electrons. The molecular formula is C24H21F3N2O3S. The van der Waals surface area contributed by atoms with Gasteiger partial charge in [-0.05, 0) is 54.1 Å². The number of hydrogen-bond donors (Lipinski definition) is 0. The van der Waals surface area contributed by atoms with Crippen LogP contribution in [0.2, 0.25) is 0 Å². The normalized spacial score (nSPS) is 12.3. The highest BCUT2D eigenvalue weighted by molar-refractivity contribution is 7.90. The summed E-state index contributed by atoms with van der Waals surface area (Å²) in [7, 11) is -3.31. The number of aryl methyl sites for hydroxylation is 1. The van der Waals surface area contributed by atoms with Gasteiger partial charge in [0.15, 0.2) is 9.84 Å². The molecular weight excluding hydrogens is 453 g/mol. The molecule has 0 bridgehead atoms. The van der Waals surface area contributed by atoms with Gasteiger partial charge >= 0.3 is 6.18 Å². The van der Waals surface area contributed by atoms with Gasteiger partial charge in [0.2, 0.25) is 0 Å². The van der Waals surface area contributed by atoms with E-state index in [2.05, 4.69) is 4.98 Å². The molecule has 0 spiro atoms. The molecule has 0 fully saturated rings. The first-order valence-corrected chi connectivity index (χ1v) is 12.1. The number of aromatic nitrogens is 2. The molecule has 0 N–H and O–H groups in total. The third kappa shape index (κ3) is 4.73. The van der Waals surface area contributed by atoms with E-state index in [9.17, 15) is 21.6 Å². The highest BCUT2D eigenvalue weighted by Crippen LogP contribution is 2.35. The van der Waals surface area contributed by atoms with Crippen molar-refractivity contribution in [2.24, 2.45) is 0 Å². The van der Waals surface area contributed by atoms with Crippen LogP contribution in [0.5, 0.6) is 5.75 Å². The number of alkyl halides is 3. The zero-order valence-electron chi connectivity index (χ0n) is 17.9. The zero-order valence-corrected chi connectivity index (χ0v) is 18.7. The average Bonchev–Trinajstić information content (AvgIpc) is 3.15. The number of benzene rings is 3. The van der Waals surface area contributed by atoms with Gasteiger partial charge < -0.3 is 4.74 Å². The number of rotatable bonds is 6. The van der Waals surface area contributed by atoms with Crippen molar-refractivity contribution in [3.63, 3.8) is 0 Å². The van der Waals surface area contributed by atoms with Crippen molar-refractivity contribution in [1.82, 2.24) is 9.55 Å². The molecule has 0 saturated heterocycles. The first-order valence-electron chi connectivity index (χ1n) is 10.2. The van der Waals surface area contributed by atoms with Crippen molar-refractivity contribution in [3.8, 4) is 11.4 Å². The largest absolute Gasteiger partial charge is 0.489 e. The zero-order chi connectivity index (χ0) is 23.8. The second-order valence-electron chi connectivity index (χ2n) is 7.59. The third-order valence-corrected chi connectivity index (χ3v) is 6.31. The van der Waals surface area contributed by atoms with Crippen LogP contribution in [0.4, 0.5) is 13.2 Å². The Labute approximate surface area is 189 Å². The van der Waals surface area contributed by atoms with Gasteiger partial charge in [0, 0.05) is 18.4 Å². The molecule has 0 aliphatic carbocycles. The summed E-state index contributed by atoms with van der Waals surface area (Å²) in [5, 5.41) is 0. The predicted molar refractivity (Wildman–Crippen MR) is 119 cm³/mol. The van der Waals surface area contributed by atoms with Gasteiger partial charge in [-0.2, -0.15) is 13.2 Å². The Hall–Kier alpha value is -3.33. The van der Waals surface area contributed by atoms with E-state index in [-0.39, 0.29) is 17.0 Å². The van der Waals surface area contributed by atoms with Crippen LogP contribution in [-0.4, -0.2) is 24.2 Å². The number of hydrogen-bond acceptors (Lipinski definition) is 4. The summed E-state index contributed by atoms with van der Waals surface area (Å²) >= 11 is 0. The highest BCUT2D eigenvalue weighted by Gasteiger charge is 2.34. The quantitative estimate of drug-likeness (QED) is 0.366. The molecule has 4 rings (SSSR count). The minimum Gasteiger partial charge on any atom is -0.489 e. The molecule has 1 aromatic heterocycles. The summed E-state index contributed by atoms with van der Waals surface area (Å²) in [4.78, 5) is 4.48. The SMILES string of the molecule is CCc1nc2c(C(F)(F)F)cccc2n1-c1ccc(OCc2cccc(S(C)(=O)=O)c2)cc1. The fourth-order valence-corrected chi connectivity index (χ4v) is 4.32. The lowest BCUT2D eigenvalue weighted by Gasteiger charge is -2.11. The second kappa shape index (κ2) is 8.55. The summed E-state index contributed by atoms with van der Waals surface area (Å²) in [5.41, 5.74) is 0.918. The average molecular weight is 475 g/mol. The molecule has 0 amide bonds. The maximum absolute atomic E-state index is 13.4. The molecule has 0 aliphatic heterocycles. The molecule has 5 nitrogen and oxygen atoms in total. The van der Waals surface area contributed by atoms with Crippen molar-refractivity contribution in [2.45, 2.75) is 31.0 Å². The van der Waals surface area contributed by atoms with Gasteiger partial charge in [-0.1, -0.05) is 25.1 Å². The Morgan fingerprint density at radius 1 is 1.00 bits per heavy atom. The van der Waals surface area contributed by atoms with Crippen LogP contribution >= 0.6 is 0 Å². The minimum absolute atomic E-state index is 0.0760. The molecule has 0 atom stereocenters. The van der Waals surface area contributed by atoms with Crippen molar-refractivity contribution in [1.29, 1.82) is 0 Å². The molecule has 0 unspecified atom stereocenters. The van der Waals surface area contributed by atoms with Gasteiger partial charge in [0.1, 0.15) is 23.7 Å². The maximum Gasteiger partial charge on any atom is 0.418 e. The summed E-state index contributed by atoms with van der Waals surface area (Å²) in [5.74, 6) is 1.06. The fourth-order valence-electron chi connectivity index (χ4n) is 3.63. The van der Waals surface area contributed by atoms with Crippen molar-refractivity contribution < 1.29 is 26.3 Å². The Morgan fingerprint density at radius 2 is 1.70 bits per heavy atom. The van der Waals surface area contributed by atoms with Gasteiger partial charge in [-0.25, -0.2) is 13.4 Å². The Balaban J connectivity index is 1.61. The summed E-state index contributed by atoms with van der Waals surface area (Å²) in [6.07, 6.45) is -2.88. The lowest BCUT2D eigenvalue weighted by molar-refractivity contribution is -0.136. The van der Waals surface area contributed by atoms with E-state index in [0.29, 0.717) is 34.8 Å². The fraction of sp³-hybridized carbons (Fsp3) is 0.208. The van der Waals surface area contributed by atoms with Crippen LogP contribution in [-0.2, 0) is 29.0 Å². The maximum atomic E-state index is 13.4. The number of nitrogens with zero attached hydrogens (tertiary/aromatic N) is 2. The van der Waals surface area contributed by atoms with Gasteiger partial charge in [-0.3, -0.25) is 4.57 Å². The lowest BCUT2D eigenvalue weighted by Crippen LogP contribution is -2.05. The Bertz CT molecular complexity index is 1410. The summed E-state index contributed by atoms with van der Waals surface area (Å²) in [6.45, 7) is 2.01. The van der Waals surface area contributed by atoms with Gasteiger partial charge in [0.05, 0.1) is 16.0 Å². The van der Waals surface area contributed by atoms with E-state index >= 15 is 0 Å².